The van der Waals surface area contributed by atoms with Crippen molar-refractivity contribution in [3.63, 3.8) is 0 Å². The Bertz CT molecular complexity index is 799. The van der Waals surface area contributed by atoms with E-state index in [9.17, 15) is 18.0 Å². The van der Waals surface area contributed by atoms with Crippen LogP contribution in [0.25, 0.3) is 0 Å². The molecule has 0 aromatic carbocycles. The largest absolute Gasteiger partial charge is 0.453 e. The van der Waals surface area contributed by atoms with E-state index in [1.54, 1.807) is 25.3 Å². The number of alkyl halides is 3. The minimum absolute atomic E-state index is 0.0243. The average Bonchev–Trinajstić information content (AvgIpc) is 2.96. The third-order valence-electron chi connectivity index (χ3n) is 3.28. The molecule has 2 aromatic heterocycles. The van der Waals surface area contributed by atoms with Gasteiger partial charge in [0.05, 0.1) is 12.7 Å². The Kier molecular flexibility index (Phi) is 5.30. The van der Waals surface area contributed by atoms with E-state index in [2.05, 4.69) is 25.5 Å². The van der Waals surface area contributed by atoms with E-state index in [0.717, 1.165) is 25.1 Å². The van der Waals surface area contributed by atoms with Crippen LogP contribution in [0, 0.1) is 6.92 Å². The van der Waals surface area contributed by atoms with Crippen LogP contribution in [0.2, 0.25) is 0 Å². The number of aromatic nitrogens is 2. The number of pyridine rings is 1. The van der Waals surface area contributed by atoms with Gasteiger partial charge in [0.2, 0.25) is 0 Å². The number of amidine groups is 1. The van der Waals surface area contributed by atoms with Gasteiger partial charge in [-0.3, -0.25) is 20.4 Å². The van der Waals surface area contributed by atoms with Gasteiger partial charge in [-0.25, -0.2) is 9.78 Å². The number of anilines is 1. The fraction of sp³-hybridized carbons (Fsp3) is 0.267. The van der Waals surface area contributed by atoms with Crippen LogP contribution in [0.1, 0.15) is 16.8 Å². The topological polar surface area (TPSA) is 80.5 Å². The summed E-state index contributed by atoms with van der Waals surface area (Å²) in [6.45, 7) is 1.78. The van der Waals surface area contributed by atoms with Crippen LogP contribution < -0.4 is 10.7 Å². The number of nitrogens with one attached hydrogen (secondary N) is 2. The van der Waals surface area contributed by atoms with Crippen LogP contribution in [-0.2, 0) is 10.9 Å². The number of carbonyl (C=O) groups excluding carboxylic acids is 1. The number of ether oxygens (including phenoxy) is 1. The predicted octanol–water partition coefficient (Wildman–Crippen LogP) is 3.01. The number of hydrogen-bond acceptors (Lipinski definition) is 4. The highest BCUT2D eigenvalue weighted by molar-refractivity contribution is 6.05. The lowest BCUT2D eigenvalue weighted by molar-refractivity contribution is -0.137. The van der Waals surface area contributed by atoms with E-state index in [0.29, 0.717) is 0 Å². The molecule has 1 amide bonds. The fourth-order valence-electron chi connectivity index (χ4n) is 2.04. The molecule has 2 aromatic rings. The van der Waals surface area contributed by atoms with Gasteiger partial charge in [0.25, 0.3) is 0 Å². The minimum atomic E-state index is -4.67. The van der Waals surface area contributed by atoms with Gasteiger partial charge in [0, 0.05) is 30.7 Å². The number of halogens is 3. The summed E-state index contributed by atoms with van der Waals surface area (Å²) in [5.41, 5.74) is 2.33. The Morgan fingerprint density at radius 3 is 2.64 bits per heavy atom. The Labute approximate surface area is 141 Å². The SMILES string of the molecule is CN=C(Nn1cccc1C)c1cnc(NC(=O)OC)cc1C(F)(F)F. The molecule has 0 radical (unpaired) electrons. The summed E-state index contributed by atoms with van der Waals surface area (Å²) >= 11 is 0. The summed E-state index contributed by atoms with van der Waals surface area (Å²) in [4.78, 5) is 18.9. The van der Waals surface area contributed by atoms with Gasteiger partial charge in [0.1, 0.15) is 11.7 Å². The molecule has 2 rings (SSSR count). The van der Waals surface area contributed by atoms with Crippen LogP contribution >= 0.6 is 0 Å². The summed E-state index contributed by atoms with van der Waals surface area (Å²) in [5, 5.41) is 2.11. The molecule has 0 atom stereocenters. The van der Waals surface area contributed by atoms with Gasteiger partial charge in [-0.15, -0.1) is 0 Å². The average molecular weight is 355 g/mol. The van der Waals surface area contributed by atoms with Gasteiger partial charge in [0.15, 0.2) is 0 Å². The Hall–Kier alpha value is -3.04. The number of nitrogens with zero attached hydrogens (tertiary/aromatic N) is 3. The quantitative estimate of drug-likeness (QED) is 0.655. The van der Waals surface area contributed by atoms with Gasteiger partial charge >= 0.3 is 12.3 Å². The van der Waals surface area contributed by atoms with Crippen molar-refractivity contribution in [1.29, 1.82) is 0 Å². The zero-order chi connectivity index (χ0) is 18.6. The maximum atomic E-state index is 13.4. The molecular weight excluding hydrogens is 339 g/mol. The second-order valence-corrected chi connectivity index (χ2v) is 4.93. The van der Waals surface area contributed by atoms with Gasteiger partial charge < -0.3 is 4.74 Å². The summed E-state index contributed by atoms with van der Waals surface area (Å²) in [6, 6.07) is 4.25. The lowest BCUT2D eigenvalue weighted by atomic mass is 10.1. The first-order valence-electron chi connectivity index (χ1n) is 7.06. The van der Waals surface area contributed by atoms with Crippen molar-refractivity contribution in [2.45, 2.75) is 13.1 Å². The molecule has 0 fully saturated rings. The third kappa shape index (κ3) is 4.28. The first-order valence-corrected chi connectivity index (χ1v) is 7.06. The number of hydrogen-bond donors (Lipinski definition) is 2. The zero-order valence-electron chi connectivity index (χ0n) is 13.7. The van der Waals surface area contributed by atoms with Crippen molar-refractivity contribution < 1.29 is 22.7 Å². The number of aryl methyl sites for hydroxylation is 1. The number of amides is 1. The summed E-state index contributed by atoms with van der Waals surface area (Å²) < 4.78 is 46.2. The van der Waals surface area contributed by atoms with Gasteiger partial charge in [-0.1, -0.05) is 0 Å². The molecule has 0 bridgehead atoms. The molecule has 0 saturated carbocycles. The molecule has 134 valence electrons. The smallest absolute Gasteiger partial charge is 0.417 e. The second-order valence-electron chi connectivity index (χ2n) is 4.93. The van der Waals surface area contributed by atoms with Gasteiger partial charge in [-0.2, -0.15) is 13.2 Å². The molecule has 10 heteroatoms. The lowest BCUT2D eigenvalue weighted by Gasteiger charge is -2.17. The molecular formula is C15H16F3N5O2. The van der Waals surface area contributed by atoms with Crippen molar-refractivity contribution >= 4 is 17.7 Å². The highest BCUT2D eigenvalue weighted by Crippen LogP contribution is 2.33. The number of carbonyl (C=O) groups is 1. The Balaban J connectivity index is 2.44. The molecule has 2 heterocycles. The van der Waals surface area contributed by atoms with Crippen molar-refractivity contribution in [3.8, 4) is 0 Å². The highest BCUT2D eigenvalue weighted by Gasteiger charge is 2.35. The van der Waals surface area contributed by atoms with Crippen LogP contribution in [0.3, 0.4) is 0 Å². The third-order valence-corrected chi connectivity index (χ3v) is 3.28. The number of rotatable bonds is 3. The molecule has 0 aliphatic carbocycles. The number of aliphatic imine (C=N–C) groups is 1. The Morgan fingerprint density at radius 1 is 1.40 bits per heavy atom. The molecule has 0 unspecified atom stereocenters. The van der Waals surface area contributed by atoms with Crippen LogP contribution in [-0.4, -0.2) is 35.7 Å². The van der Waals surface area contributed by atoms with E-state index in [4.69, 9.17) is 0 Å². The highest BCUT2D eigenvalue weighted by atomic mass is 19.4. The molecule has 0 aliphatic rings. The maximum Gasteiger partial charge on any atom is 0.417 e. The van der Waals surface area contributed by atoms with Crippen molar-refractivity contribution in [2.75, 3.05) is 24.9 Å². The van der Waals surface area contributed by atoms with E-state index in [1.807, 2.05) is 0 Å². The lowest BCUT2D eigenvalue weighted by Crippen LogP contribution is -2.27. The predicted molar refractivity (Wildman–Crippen MR) is 86.3 cm³/mol. The Morgan fingerprint density at radius 2 is 2.12 bits per heavy atom. The molecule has 25 heavy (non-hydrogen) atoms. The van der Waals surface area contributed by atoms with Crippen LogP contribution in [0.5, 0.6) is 0 Å². The van der Waals surface area contributed by atoms with Crippen LogP contribution in [0.15, 0.2) is 35.6 Å². The van der Waals surface area contributed by atoms with E-state index >= 15 is 0 Å². The second kappa shape index (κ2) is 7.24. The van der Waals surface area contributed by atoms with E-state index in [1.165, 1.54) is 11.7 Å². The molecule has 0 aliphatic heterocycles. The first-order chi connectivity index (χ1) is 11.8. The van der Waals surface area contributed by atoms with Gasteiger partial charge in [-0.05, 0) is 25.1 Å². The minimum Gasteiger partial charge on any atom is -0.453 e. The van der Waals surface area contributed by atoms with Crippen molar-refractivity contribution in [1.82, 2.24) is 9.66 Å². The first kappa shape index (κ1) is 18.3. The summed E-state index contributed by atoms with van der Waals surface area (Å²) in [6.07, 6.45) is -2.95. The monoisotopic (exact) mass is 355 g/mol. The van der Waals surface area contributed by atoms with Crippen molar-refractivity contribution in [2.24, 2.45) is 4.99 Å². The molecule has 2 N–H and O–H groups in total. The van der Waals surface area contributed by atoms with Crippen molar-refractivity contribution in [3.05, 3.63) is 47.4 Å². The molecule has 7 nitrogen and oxygen atoms in total. The van der Waals surface area contributed by atoms with Crippen LogP contribution in [0.4, 0.5) is 23.8 Å². The summed E-state index contributed by atoms with van der Waals surface area (Å²) in [7, 11) is 2.46. The molecule has 0 spiro atoms. The fourth-order valence-corrected chi connectivity index (χ4v) is 2.04. The van der Waals surface area contributed by atoms with E-state index in [-0.39, 0.29) is 17.2 Å². The number of methoxy groups -OCH3 is 1. The zero-order valence-corrected chi connectivity index (χ0v) is 13.7. The normalized spacial score (nSPS) is 12.0. The standard InChI is InChI=1S/C15H16F3N5O2/c1-9-5-4-6-23(9)22-13(19-2)10-8-20-12(21-14(24)25-3)7-11(10)15(16,17)18/h4-8H,1-3H3,(H,19,22)(H,20,21,24). The van der Waals surface area contributed by atoms with E-state index < -0.39 is 17.8 Å². The summed E-state index contributed by atoms with van der Waals surface area (Å²) in [5.74, 6) is -0.306. The molecule has 0 saturated heterocycles. The maximum absolute atomic E-state index is 13.4.